The van der Waals surface area contributed by atoms with Gasteiger partial charge < -0.3 is 19.6 Å². The van der Waals surface area contributed by atoms with Crippen molar-refractivity contribution in [2.75, 3.05) is 13.2 Å². The molecule has 0 saturated carbocycles. The largest absolute Gasteiger partial charge is 0.467 e. The Labute approximate surface area is 129 Å². The van der Waals surface area contributed by atoms with E-state index in [9.17, 15) is 5.11 Å². The van der Waals surface area contributed by atoms with Crippen LogP contribution in [0.3, 0.4) is 0 Å². The molecule has 0 fully saturated rings. The smallest absolute Gasteiger partial charge is 0.129 e. The topological polar surface area (TPSA) is 54.6 Å². The van der Waals surface area contributed by atoms with Gasteiger partial charge in [0.05, 0.1) is 19.0 Å². The van der Waals surface area contributed by atoms with Crippen molar-refractivity contribution in [2.45, 2.75) is 25.7 Å². The molecule has 0 aliphatic heterocycles. The lowest BCUT2D eigenvalue weighted by atomic mass is 10.1. The van der Waals surface area contributed by atoms with Gasteiger partial charge in [0.2, 0.25) is 0 Å². The van der Waals surface area contributed by atoms with Crippen LogP contribution in [0.4, 0.5) is 0 Å². The second-order valence-electron chi connectivity index (χ2n) is 4.93. The fourth-order valence-corrected chi connectivity index (χ4v) is 2.06. The van der Waals surface area contributed by atoms with Gasteiger partial charge >= 0.3 is 0 Å². The van der Waals surface area contributed by atoms with E-state index in [4.69, 9.17) is 20.8 Å². The Kier molecular flexibility index (Phi) is 6.26. The van der Waals surface area contributed by atoms with E-state index in [1.807, 2.05) is 43.3 Å². The summed E-state index contributed by atoms with van der Waals surface area (Å²) in [6.07, 6.45) is 1.04. The van der Waals surface area contributed by atoms with Gasteiger partial charge in [-0.15, -0.1) is 0 Å². The molecule has 0 spiro atoms. The first kappa shape index (κ1) is 16.0. The highest BCUT2D eigenvalue weighted by molar-refractivity contribution is 6.30. The predicted octanol–water partition coefficient (Wildman–Crippen LogP) is 3.16. The van der Waals surface area contributed by atoms with Crippen molar-refractivity contribution in [3.63, 3.8) is 0 Å². The van der Waals surface area contributed by atoms with Gasteiger partial charge in [-0.05, 0) is 36.8 Å². The summed E-state index contributed by atoms with van der Waals surface area (Å²) >= 11 is 5.86. The van der Waals surface area contributed by atoms with E-state index in [1.165, 1.54) is 0 Å². The fraction of sp³-hybridized carbons (Fsp3) is 0.375. The van der Waals surface area contributed by atoms with Crippen LogP contribution in [0, 0.1) is 0 Å². The van der Waals surface area contributed by atoms with Crippen molar-refractivity contribution in [3.8, 4) is 0 Å². The number of benzene rings is 1. The van der Waals surface area contributed by atoms with Gasteiger partial charge in [0.1, 0.15) is 12.4 Å². The molecule has 114 valence electrons. The number of furan rings is 1. The van der Waals surface area contributed by atoms with E-state index in [2.05, 4.69) is 5.32 Å². The maximum atomic E-state index is 9.88. The molecular formula is C16H20ClNO3. The molecule has 1 aromatic heterocycles. The van der Waals surface area contributed by atoms with Crippen LogP contribution in [0.15, 0.2) is 47.1 Å². The Morgan fingerprint density at radius 3 is 2.71 bits per heavy atom. The Balaban J connectivity index is 1.66. The molecular weight excluding hydrogens is 290 g/mol. The van der Waals surface area contributed by atoms with Crippen molar-refractivity contribution >= 4 is 11.6 Å². The number of rotatable bonds is 8. The Morgan fingerprint density at radius 1 is 1.29 bits per heavy atom. The molecule has 21 heavy (non-hydrogen) atoms. The summed E-state index contributed by atoms with van der Waals surface area (Å²) in [5.41, 5.74) is 1.13. The summed E-state index contributed by atoms with van der Waals surface area (Å²) in [4.78, 5) is 0. The van der Waals surface area contributed by atoms with Crippen LogP contribution < -0.4 is 5.32 Å². The number of hydrogen-bond donors (Lipinski definition) is 2. The zero-order valence-corrected chi connectivity index (χ0v) is 12.7. The molecule has 5 heteroatoms. The van der Waals surface area contributed by atoms with Gasteiger partial charge in [-0.2, -0.15) is 0 Å². The third-order valence-corrected chi connectivity index (χ3v) is 3.42. The van der Waals surface area contributed by atoms with Crippen LogP contribution in [0.1, 0.15) is 24.3 Å². The third-order valence-electron chi connectivity index (χ3n) is 3.16. The van der Waals surface area contributed by atoms with Gasteiger partial charge in [0.25, 0.3) is 0 Å². The van der Waals surface area contributed by atoms with E-state index < -0.39 is 6.10 Å². The van der Waals surface area contributed by atoms with Crippen LogP contribution in [-0.4, -0.2) is 24.4 Å². The molecule has 0 bridgehead atoms. The van der Waals surface area contributed by atoms with Gasteiger partial charge in [0, 0.05) is 17.6 Å². The molecule has 4 nitrogen and oxygen atoms in total. The minimum Gasteiger partial charge on any atom is -0.467 e. The third kappa shape index (κ3) is 5.52. The molecule has 2 atom stereocenters. The molecule has 1 heterocycles. The van der Waals surface area contributed by atoms with Gasteiger partial charge in [-0.1, -0.05) is 23.7 Å². The van der Waals surface area contributed by atoms with Crippen molar-refractivity contribution in [3.05, 3.63) is 59.0 Å². The average Bonchev–Trinajstić information content (AvgIpc) is 2.99. The molecule has 0 radical (unpaired) electrons. The summed E-state index contributed by atoms with van der Waals surface area (Å²) < 4.78 is 10.5. The molecule has 1 aromatic carbocycles. The number of halogens is 1. The summed E-state index contributed by atoms with van der Waals surface area (Å²) in [5.74, 6) is 0.754. The maximum absolute atomic E-state index is 9.88. The van der Waals surface area contributed by atoms with Crippen molar-refractivity contribution in [1.82, 2.24) is 5.32 Å². The Bertz CT molecular complexity index is 513. The first-order chi connectivity index (χ1) is 10.1. The summed E-state index contributed by atoms with van der Waals surface area (Å²) in [5, 5.41) is 13.9. The van der Waals surface area contributed by atoms with Crippen molar-refractivity contribution in [2.24, 2.45) is 0 Å². The Morgan fingerprint density at radius 2 is 2.05 bits per heavy atom. The lowest BCUT2D eigenvalue weighted by Crippen LogP contribution is -2.32. The molecule has 0 saturated heterocycles. The second kappa shape index (κ2) is 8.20. The van der Waals surface area contributed by atoms with Gasteiger partial charge in [0.15, 0.2) is 0 Å². The van der Waals surface area contributed by atoms with Crippen LogP contribution >= 0.6 is 11.6 Å². The van der Waals surface area contributed by atoms with Crippen molar-refractivity contribution in [1.29, 1.82) is 0 Å². The maximum Gasteiger partial charge on any atom is 0.129 e. The number of aliphatic hydroxyl groups is 1. The molecule has 0 amide bonds. The molecule has 0 aliphatic carbocycles. The number of hydrogen-bond acceptors (Lipinski definition) is 4. The van der Waals surface area contributed by atoms with E-state index in [0.29, 0.717) is 13.2 Å². The zero-order chi connectivity index (χ0) is 15.1. The number of ether oxygens (including phenoxy) is 1. The summed E-state index contributed by atoms with van der Waals surface area (Å²) in [6.45, 7) is 3.14. The summed E-state index contributed by atoms with van der Waals surface area (Å²) in [7, 11) is 0. The lowest BCUT2D eigenvalue weighted by Gasteiger charge is -2.17. The van der Waals surface area contributed by atoms with Crippen LogP contribution in [0.25, 0.3) is 0 Å². The number of nitrogens with one attached hydrogen (secondary N) is 1. The quantitative estimate of drug-likeness (QED) is 0.786. The molecule has 1 unspecified atom stereocenters. The molecule has 2 N–H and O–H groups in total. The number of aliphatic hydroxyl groups excluding tert-OH is 1. The highest BCUT2D eigenvalue weighted by atomic mass is 35.5. The summed E-state index contributed by atoms with van der Waals surface area (Å²) in [6, 6.07) is 11.5. The first-order valence-corrected chi connectivity index (χ1v) is 7.30. The average molecular weight is 310 g/mol. The minimum atomic E-state index is -0.560. The molecule has 2 rings (SSSR count). The van der Waals surface area contributed by atoms with E-state index >= 15 is 0 Å². The standard InChI is InChI=1S/C16H20ClNO3/c1-12(13-4-6-14(17)7-5-13)18-9-15(19)10-20-11-16-3-2-8-21-16/h2-8,12,15,18-19H,9-11H2,1H3/t12-,15?/m1/s1. The minimum absolute atomic E-state index is 0.141. The van der Waals surface area contributed by atoms with E-state index in [1.54, 1.807) is 6.26 Å². The van der Waals surface area contributed by atoms with Crippen molar-refractivity contribution < 1.29 is 14.3 Å². The second-order valence-corrected chi connectivity index (χ2v) is 5.37. The van der Waals surface area contributed by atoms with Crippen LogP contribution in [0.2, 0.25) is 5.02 Å². The first-order valence-electron chi connectivity index (χ1n) is 6.92. The van der Waals surface area contributed by atoms with Gasteiger partial charge in [-0.25, -0.2) is 0 Å². The van der Waals surface area contributed by atoms with E-state index in [-0.39, 0.29) is 12.6 Å². The highest BCUT2D eigenvalue weighted by Crippen LogP contribution is 2.15. The fourth-order valence-electron chi connectivity index (χ4n) is 1.93. The lowest BCUT2D eigenvalue weighted by molar-refractivity contribution is 0.0217. The Hall–Kier alpha value is -1.33. The van der Waals surface area contributed by atoms with Crippen LogP contribution in [0.5, 0.6) is 0 Å². The normalized spacial score (nSPS) is 14.0. The SMILES string of the molecule is C[C@@H](NCC(O)COCc1ccco1)c1ccc(Cl)cc1. The molecule has 2 aromatic rings. The van der Waals surface area contributed by atoms with E-state index in [0.717, 1.165) is 16.3 Å². The predicted molar refractivity (Wildman–Crippen MR) is 82.2 cm³/mol. The monoisotopic (exact) mass is 309 g/mol. The zero-order valence-electron chi connectivity index (χ0n) is 12.0. The highest BCUT2D eigenvalue weighted by Gasteiger charge is 2.09. The van der Waals surface area contributed by atoms with Crippen LogP contribution in [-0.2, 0) is 11.3 Å². The molecule has 0 aliphatic rings. The van der Waals surface area contributed by atoms with Gasteiger partial charge in [-0.3, -0.25) is 0 Å².